The van der Waals surface area contributed by atoms with Gasteiger partial charge in [-0.15, -0.1) is 0 Å². The van der Waals surface area contributed by atoms with Gasteiger partial charge in [-0.25, -0.2) is 4.98 Å². The molecule has 0 aliphatic carbocycles. The molecule has 6 heteroatoms. The maximum absolute atomic E-state index is 12.2. The molecule has 5 nitrogen and oxygen atoms in total. The Bertz CT molecular complexity index is 439. The molecule has 2 heterocycles. The summed E-state index contributed by atoms with van der Waals surface area (Å²) in [5, 5.41) is 0. The van der Waals surface area contributed by atoms with Crippen molar-refractivity contribution in [1.29, 1.82) is 0 Å². The van der Waals surface area contributed by atoms with E-state index in [9.17, 15) is 4.79 Å². The van der Waals surface area contributed by atoms with E-state index in [4.69, 9.17) is 10.5 Å². The molecule has 17 heavy (non-hydrogen) atoms. The molecule has 1 atom stereocenters. The normalized spacial score (nSPS) is 19.6. The van der Waals surface area contributed by atoms with E-state index in [0.29, 0.717) is 18.7 Å². The number of carbonyl (C=O) groups is 1. The highest BCUT2D eigenvalue weighted by atomic mass is 79.9. The smallest absolute Gasteiger partial charge is 0.257 e. The maximum atomic E-state index is 12.2. The fourth-order valence-electron chi connectivity index (χ4n) is 1.90. The van der Waals surface area contributed by atoms with E-state index in [1.807, 2.05) is 0 Å². The Balaban J connectivity index is 2.17. The molecule has 1 fully saturated rings. The highest BCUT2D eigenvalue weighted by molar-refractivity contribution is 9.10. The van der Waals surface area contributed by atoms with Gasteiger partial charge in [0, 0.05) is 30.9 Å². The second-order valence-corrected chi connectivity index (χ2v) is 4.90. The molecule has 1 amide bonds. The molecule has 0 bridgehead atoms. The van der Waals surface area contributed by atoms with Crippen LogP contribution in [0.4, 0.5) is 5.82 Å². The van der Waals surface area contributed by atoms with E-state index in [1.54, 1.807) is 24.3 Å². The van der Waals surface area contributed by atoms with Crippen molar-refractivity contribution in [1.82, 2.24) is 9.88 Å². The summed E-state index contributed by atoms with van der Waals surface area (Å²) in [6, 6.07) is 1.70. The Morgan fingerprint density at radius 3 is 3.12 bits per heavy atom. The lowest BCUT2D eigenvalue weighted by Gasteiger charge is -2.17. The van der Waals surface area contributed by atoms with Crippen LogP contribution in [0.1, 0.15) is 16.8 Å². The molecule has 0 radical (unpaired) electrons. The number of methoxy groups -OCH3 is 1. The van der Waals surface area contributed by atoms with Crippen molar-refractivity contribution in [2.45, 2.75) is 12.5 Å². The summed E-state index contributed by atoms with van der Waals surface area (Å²) in [4.78, 5) is 17.9. The molecule has 0 spiro atoms. The molecular weight excluding hydrogens is 286 g/mol. The van der Waals surface area contributed by atoms with Crippen LogP contribution in [0.3, 0.4) is 0 Å². The van der Waals surface area contributed by atoms with Crippen LogP contribution in [-0.2, 0) is 4.74 Å². The molecule has 1 aliphatic rings. The van der Waals surface area contributed by atoms with Crippen LogP contribution in [0, 0.1) is 0 Å². The predicted molar refractivity (Wildman–Crippen MR) is 67.7 cm³/mol. The SMILES string of the molecule is COC1CCN(C(=O)c2cc(Br)cnc2N)C1. The highest BCUT2D eigenvalue weighted by Gasteiger charge is 2.28. The minimum Gasteiger partial charge on any atom is -0.383 e. The van der Waals surface area contributed by atoms with E-state index in [0.717, 1.165) is 10.9 Å². The van der Waals surface area contributed by atoms with Crippen molar-refractivity contribution in [3.63, 3.8) is 0 Å². The number of nitrogens with zero attached hydrogens (tertiary/aromatic N) is 2. The van der Waals surface area contributed by atoms with Gasteiger partial charge < -0.3 is 15.4 Å². The van der Waals surface area contributed by atoms with Crippen molar-refractivity contribution >= 4 is 27.7 Å². The van der Waals surface area contributed by atoms with Gasteiger partial charge in [0.15, 0.2) is 0 Å². The van der Waals surface area contributed by atoms with Crippen LogP contribution < -0.4 is 5.73 Å². The first-order valence-corrected chi connectivity index (χ1v) is 6.14. The number of aromatic nitrogens is 1. The number of hydrogen-bond donors (Lipinski definition) is 1. The molecule has 92 valence electrons. The lowest BCUT2D eigenvalue weighted by Crippen LogP contribution is -2.30. The number of pyridine rings is 1. The van der Waals surface area contributed by atoms with Crippen LogP contribution in [0.25, 0.3) is 0 Å². The standard InChI is InChI=1S/C11H14BrN3O2/c1-17-8-2-3-15(6-8)11(16)9-4-7(12)5-14-10(9)13/h4-5,8H,2-3,6H2,1H3,(H2,13,14). The van der Waals surface area contributed by atoms with Crippen molar-refractivity contribution in [3.8, 4) is 0 Å². The number of amides is 1. The quantitative estimate of drug-likeness (QED) is 0.893. The van der Waals surface area contributed by atoms with E-state index >= 15 is 0 Å². The molecule has 0 saturated carbocycles. The number of halogens is 1. The first-order chi connectivity index (χ1) is 8.11. The zero-order valence-corrected chi connectivity index (χ0v) is 11.1. The van der Waals surface area contributed by atoms with Crippen LogP contribution in [0.15, 0.2) is 16.7 Å². The second-order valence-electron chi connectivity index (χ2n) is 3.98. The third kappa shape index (κ3) is 2.58. The number of rotatable bonds is 2. The molecule has 1 unspecified atom stereocenters. The molecule has 1 aromatic heterocycles. The minimum atomic E-state index is -0.0872. The van der Waals surface area contributed by atoms with Gasteiger partial charge in [-0.1, -0.05) is 0 Å². The Labute approximate surface area is 108 Å². The van der Waals surface area contributed by atoms with E-state index in [2.05, 4.69) is 20.9 Å². The van der Waals surface area contributed by atoms with Gasteiger partial charge >= 0.3 is 0 Å². The lowest BCUT2D eigenvalue weighted by atomic mass is 10.2. The summed E-state index contributed by atoms with van der Waals surface area (Å²) in [5.74, 6) is 0.176. The summed E-state index contributed by atoms with van der Waals surface area (Å²) in [6.45, 7) is 1.31. The first kappa shape index (κ1) is 12.3. The van der Waals surface area contributed by atoms with Crippen LogP contribution in [0.2, 0.25) is 0 Å². The van der Waals surface area contributed by atoms with E-state index < -0.39 is 0 Å². The summed E-state index contributed by atoms with van der Waals surface area (Å²) >= 11 is 3.29. The van der Waals surface area contributed by atoms with Gasteiger partial charge in [-0.05, 0) is 28.4 Å². The Kier molecular flexibility index (Phi) is 3.63. The number of ether oxygens (including phenoxy) is 1. The molecule has 0 aromatic carbocycles. The first-order valence-electron chi connectivity index (χ1n) is 5.35. The van der Waals surface area contributed by atoms with Crippen molar-refractivity contribution in [3.05, 3.63) is 22.3 Å². The van der Waals surface area contributed by atoms with Gasteiger partial charge in [0.05, 0.1) is 11.7 Å². The molecule has 2 N–H and O–H groups in total. The maximum Gasteiger partial charge on any atom is 0.257 e. The number of nitrogens with two attached hydrogens (primary N) is 1. The summed E-state index contributed by atoms with van der Waals surface area (Å²) in [5.41, 5.74) is 6.16. The number of carbonyl (C=O) groups excluding carboxylic acids is 1. The third-order valence-electron chi connectivity index (χ3n) is 2.88. The average molecular weight is 300 g/mol. The number of anilines is 1. The van der Waals surface area contributed by atoms with Gasteiger partial charge in [0.1, 0.15) is 5.82 Å². The fraction of sp³-hybridized carbons (Fsp3) is 0.455. The Hall–Kier alpha value is -1.14. The summed E-state index contributed by atoms with van der Waals surface area (Å²) in [6.07, 6.45) is 2.57. The van der Waals surface area contributed by atoms with Crippen molar-refractivity contribution in [2.24, 2.45) is 0 Å². The topological polar surface area (TPSA) is 68.5 Å². The van der Waals surface area contributed by atoms with Crippen LogP contribution >= 0.6 is 15.9 Å². The van der Waals surface area contributed by atoms with E-state index in [1.165, 1.54) is 0 Å². The third-order valence-corrected chi connectivity index (χ3v) is 3.31. The number of nitrogen functional groups attached to an aromatic ring is 1. The monoisotopic (exact) mass is 299 g/mol. The number of hydrogen-bond acceptors (Lipinski definition) is 4. The van der Waals surface area contributed by atoms with Gasteiger partial charge in [-0.2, -0.15) is 0 Å². The fourth-order valence-corrected chi connectivity index (χ4v) is 2.23. The zero-order chi connectivity index (χ0) is 12.4. The van der Waals surface area contributed by atoms with Crippen molar-refractivity contribution in [2.75, 3.05) is 25.9 Å². The molecule has 1 aromatic rings. The van der Waals surface area contributed by atoms with Crippen LogP contribution in [0.5, 0.6) is 0 Å². The van der Waals surface area contributed by atoms with Crippen molar-refractivity contribution < 1.29 is 9.53 Å². The summed E-state index contributed by atoms with van der Waals surface area (Å²) in [7, 11) is 1.66. The average Bonchev–Trinajstić information content (AvgIpc) is 2.80. The van der Waals surface area contributed by atoms with Gasteiger partial charge in [0.2, 0.25) is 0 Å². The second kappa shape index (κ2) is 5.01. The van der Waals surface area contributed by atoms with Gasteiger partial charge in [-0.3, -0.25) is 4.79 Å². The molecule has 1 saturated heterocycles. The molecular formula is C11H14BrN3O2. The summed E-state index contributed by atoms with van der Waals surface area (Å²) < 4.78 is 5.98. The highest BCUT2D eigenvalue weighted by Crippen LogP contribution is 2.20. The van der Waals surface area contributed by atoms with Gasteiger partial charge in [0.25, 0.3) is 5.91 Å². The Morgan fingerprint density at radius 1 is 1.71 bits per heavy atom. The largest absolute Gasteiger partial charge is 0.383 e. The lowest BCUT2D eigenvalue weighted by molar-refractivity contribution is 0.0724. The Morgan fingerprint density at radius 2 is 2.47 bits per heavy atom. The predicted octanol–water partition coefficient (Wildman–Crippen LogP) is 1.29. The number of likely N-dealkylation sites (tertiary alicyclic amines) is 1. The van der Waals surface area contributed by atoms with E-state index in [-0.39, 0.29) is 17.8 Å². The minimum absolute atomic E-state index is 0.0872. The molecule has 2 rings (SSSR count). The van der Waals surface area contributed by atoms with Crippen LogP contribution in [-0.4, -0.2) is 42.1 Å². The zero-order valence-electron chi connectivity index (χ0n) is 9.52. The molecule has 1 aliphatic heterocycles.